The monoisotopic (exact) mass is 236 g/mol. The number of aliphatic hydroxyl groups excluding tert-OH is 1. The molecule has 0 spiro atoms. The van der Waals surface area contributed by atoms with Crippen LogP contribution in [-0.4, -0.2) is 30.3 Å². The van der Waals surface area contributed by atoms with E-state index in [0.29, 0.717) is 0 Å². The Hall–Kier alpha value is -1.29. The van der Waals surface area contributed by atoms with Crippen LogP contribution in [0.1, 0.15) is 13.8 Å². The van der Waals surface area contributed by atoms with Crippen molar-refractivity contribution in [3.8, 4) is 0 Å². The molecule has 0 aromatic rings. The number of aliphatic hydroxyl groups is 1. The first-order chi connectivity index (χ1) is 7.08. The van der Waals surface area contributed by atoms with Gasteiger partial charge in [0.1, 0.15) is 0 Å². The number of esters is 2. The van der Waals surface area contributed by atoms with Crippen LogP contribution in [0.3, 0.4) is 0 Å². The number of ether oxygens (including phenoxy) is 2. The molecule has 1 atom stereocenters. The molecule has 0 fully saturated rings. The average Bonchev–Trinajstić information content (AvgIpc) is 2.19. The maximum Gasteiger partial charge on any atom is 0.378 e. The Balaban J connectivity index is 4.80. The molecule has 0 radical (unpaired) electrons. The molecular weight excluding hydrogens is 223 g/mol. The molecule has 0 bridgehead atoms. The van der Waals surface area contributed by atoms with Crippen LogP contribution in [0.25, 0.3) is 0 Å². The van der Waals surface area contributed by atoms with Crippen molar-refractivity contribution in [3.63, 3.8) is 0 Å². The maximum atomic E-state index is 11.1. The van der Waals surface area contributed by atoms with Gasteiger partial charge in [0, 0.05) is 0 Å². The third-order valence-corrected chi connectivity index (χ3v) is 1.50. The number of carbonyl (C=O) groups is 2. The van der Waals surface area contributed by atoms with Gasteiger partial charge in [-0.2, -0.15) is 0 Å². The summed E-state index contributed by atoms with van der Waals surface area (Å²) in [5, 5.41) is 9.27. The highest BCUT2D eigenvalue weighted by Gasteiger charge is 2.23. The van der Waals surface area contributed by atoms with Crippen molar-refractivity contribution < 1.29 is 28.7 Å². The van der Waals surface area contributed by atoms with E-state index in [0.717, 1.165) is 0 Å². The Morgan fingerprint density at radius 3 is 2.00 bits per heavy atom. The summed E-state index contributed by atoms with van der Waals surface area (Å²) in [5.74, 6) is -3.48. The molecule has 86 valence electrons. The largest absolute Gasteiger partial charge is 0.499 e. The zero-order chi connectivity index (χ0) is 11.8. The summed E-state index contributed by atoms with van der Waals surface area (Å²) in [5.41, 5.74) is 0. The molecule has 0 aromatic heterocycles. The highest BCUT2D eigenvalue weighted by atomic mass is 31.0. The second-order valence-electron chi connectivity index (χ2n) is 2.24. The molecule has 0 saturated heterocycles. The summed E-state index contributed by atoms with van der Waals surface area (Å²) >= 11 is 0. The van der Waals surface area contributed by atoms with E-state index in [1.807, 2.05) is 0 Å². The van der Waals surface area contributed by atoms with Crippen LogP contribution in [0.5, 0.6) is 0 Å². The summed E-state index contributed by atoms with van der Waals surface area (Å²) in [7, 11) is 1.74. The molecule has 15 heavy (non-hydrogen) atoms. The van der Waals surface area contributed by atoms with Gasteiger partial charge in [0.15, 0.2) is 0 Å². The second kappa shape index (κ2) is 7.06. The minimum Gasteiger partial charge on any atom is -0.499 e. The van der Waals surface area contributed by atoms with Crippen LogP contribution in [0, 0.1) is 0 Å². The smallest absolute Gasteiger partial charge is 0.378 e. The zero-order valence-corrected chi connectivity index (χ0v) is 9.63. The van der Waals surface area contributed by atoms with Crippen molar-refractivity contribution in [1.29, 1.82) is 0 Å². The fourth-order valence-electron chi connectivity index (χ4n) is 0.689. The van der Waals surface area contributed by atoms with Crippen molar-refractivity contribution in [2.45, 2.75) is 13.8 Å². The van der Waals surface area contributed by atoms with Gasteiger partial charge in [0.25, 0.3) is 11.5 Å². The van der Waals surface area contributed by atoms with Crippen LogP contribution in [0.15, 0.2) is 11.5 Å². The third kappa shape index (κ3) is 4.16. The van der Waals surface area contributed by atoms with Gasteiger partial charge in [-0.1, -0.05) is 0 Å². The summed E-state index contributed by atoms with van der Waals surface area (Å²) in [6, 6.07) is 0. The van der Waals surface area contributed by atoms with Gasteiger partial charge in [-0.3, -0.25) is 0 Å². The Morgan fingerprint density at radius 2 is 1.60 bits per heavy atom. The fourth-order valence-corrected chi connectivity index (χ4v) is 0.897. The normalized spacial score (nSPS) is 11.4. The van der Waals surface area contributed by atoms with Crippen molar-refractivity contribution in [1.82, 2.24) is 0 Å². The quantitative estimate of drug-likeness (QED) is 0.327. The van der Waals surface area contributed by atoms with Gasteiger partial charge < -0.3 is 19.1 Å². The van der Waals surface area contributed by atoms with Crippen molar-refractivity contribution in [2.75, 3.05) is 13.2 Å². The van der Waals surface area contributed by atoms with Crippen molar-refractivity contribution in [2.24, 2.45) is 0 Å². The lowest BCUT2D eigenvalue weighted by atomic mass is 10.4. The predicted octanol–water partition coefficient (Wildman–Crippen LogP) is 0.689. The molecule has 7 heteroatoms. The third-order valence-electron chi connectivity index (χ3n) is 1.26. The van der Waals surface area contributed by atoms with E-state index < -0.39 is 23.5 Å². The minimum atomic E-state index is -1.04. The standard InChI is InChI=1S/C8H13O6P/c1-3-12-7(10)5(9)6(14-15)8(11)13-4-2/h9H,3-4,15H2,1-2H3/b6-5+. The average molecular weight is 236 g/mol. The van der Waals surface area contributed by atoms with E-state index in [-0.39, 0.29) is 13.2 Å². The van der Waals surface area contributed by atoms with Gasteiger partial charge >= 0.3 is 11.9 Å². The van der Waals surface area contributed by atoms with Crippen LogP contribution < -0.4 is 0 Å². The number of hydrogen-bond donors (Lipinski definition) is 1. The lowest BCUT2D eigenvalue weighted by Gasteiger charge is -2.07. The first-order valence-electron chi connectivity index (χ1n) is 4.22. The Morgan fingerprint density at radius 1 is 1.13 bits per heavy atom. The Kier molecular flexibility index (Phi) is 6.45. The first-order valence-corrected chi connectivity index (χ1v) is 4.69. The minimum absolute atomic E-state index is 0.0792. The fraction of sp³-hybridized carbons (Fsp3) is 0.500. The van der Waals surface area contributed by atoms with Gasteiger partial charge in [-0.15, -0.1) is 0 Å². The molecule has 1 unspecified atom stereocenters. The van der Waals surface area contributed by atoms with Crippen LogP contribution in [0.4, 0.5) is 0 Å². The molecule has 6 nitrogen and oxygen atoms in total. The van der Waals surface area contributed by atoms with Crippen LogP contribution >= 0.6 is 9.47 Å². The highest BCUT2D eigenvalue weighted by molar-refractivity contribution is 7.10. The first kappa shape index (κ1) is 13.7. The van der Waals surface area contributed by atoms with E-state index in [2.05, 4.69) is 14.0 Å². The summed E-state index contributed by atoms with van der Waals surface area (Å²) in [4.78, 5) is 22.2. The Bertz CT molecular complexity index is 272. The lowest BCUT2D eigenvalue weighted by molar-refractivity contribution is -0.146. The summed E-state index contributed by atoms with van der Waals surface area (Å²) in [6.45, 7) is 3.33. The molecular formula is C8H13O6P. The van der Waals surface area contributed by atoms with Crippen LogP contribution in [-0.2, 0) is 23.6 Å². The molecule has 0 heterocycles. The highest BCUT2D eigenvalue weighted by Crippen LogP contribution is 2.11. The summed E-state index contributed by atoms with van der Waals surface area (Å²) < 4.78 is 13.5. The van der Waals surface area contributed by atoms with Gasteiger partial charge in [0.05, 0.1) is 22.7 Å². The molecule has 0 amide bonds. The number of carbonyl (C=O) groups excluding carboxylic acids is 2. The van der Waals surface area contributed by atoms with Gasteiger partial charge in [-0.05, 0) is 13.8 Å². The molecule has 0 aliphatic carbocycles. The lowest BCUT2D eigenvalue weighted by Crippen LogP contribution is -2.16. The molecule has 0 rings (SSSR count). The predicted molar refractivity (Wildman–Crippen MR) is 53.7 cm³/mol. The SMILES string of the molecule is CCOC(=O)/C(O)=C(\OP)C(=O)OCC. The molecule has 0 aliphatic heterocycles. The summed E-state index contributed by atoms with van der Waals surface area (Å²) in [6.07, 6.45) is 0. The van der Waals surface area contributed by atoms with Crippen molar-refractivity contribution in [3.05, 3.63) is 11.5 Å². The topological polar surface area (TPSA) is 82.1 Å². The van der Waals surface area contributed by atoms with E-state index in [1.165, 1.54) is 0 Å². The molecule has 1 N–H and O–H groups in total. The second-order valence-corrected chi connectivity index (χ2v) is 2.47. The maximum absolute atomic E-state index is 11.1. The number of hydrogen-bond acceptors (Lipinski definition) is 6. The van der Waals surface area contributed by atoms with E-state index in [1.54, 1.807) is 23.3 Å². The molecule has 0 aromatic carbocycles. The molecule has 0 saturated carbocycles. The molecule has 0 aliphatic rings. The van der Waals surface area contributed by atoms with Gasteiger partial charge in [0.2, 0.25) is 0 Å². The number of rotatable bonds is 5. The van der Waals surface area contributed by atoms with Gasteiger partial charge in [-0.25, -0.2) is 9.59 Å². The Labute approximate surface area is 89.5 Å². The van der Waals surface area contributed by atoms with E-state index in [4.69, 9.17) is 0 Å². The van der Waals surface area contributed by atoms with Crippen LogP contribution in [0.2, 0.25) is 0 Å². The van der Waals surface area contributed by atoms with Crippen molar-refractivity contribution >= 4 is 21.4 Å². The van der Waals surface area contributed by atoms with E-state index >= 15 is 0 Å². The zero-order valence-electron chi connectivity index (χ0n) is 8.48. The van der Waals surface area contributed by atoms with E-state index in [9.17, 15) is 14.7 Å².